The molecule has 1 aromatic heterocycles. The number of hydrogen-bond acceptors (Lipinski definition) is 3. The second-order valence-electron chi connectivity index (χ2n) is 1.00. The third-order valence-electron chi connectivity index (χ3n) is 0.584. The van der Waals surface area contributed by atoms with E-state index < -0.39 is 0 Å². The van der Waals surface area contributed by atoms with Gasteiger partial charge in [0.25, 0.3) is 0 Å². The van der Waals surface area contributed by atoms with Crippen LogP contribution in [0.4, 0.5) is 0 Å². The Morgan fingerprint density at radius 2 is 2.22 bits per heavy atom. The zero-order valence-electron chi connectivity index (χ0n) is 5.92. The zero-order valence-corrected chi connectivity index (χ0v) is 5.92. The minimum absolute atomic E-state index is 0.306. The molecule has 9 heavy (non-hydrogen) atoms. The van der Waals surface area contributed by atoms with Crippen molar-refractivity contribution in [2.75, 3.05) is 7.11 Å². The predicted octanol–water partition coefficient (Wildman–Crippen LogP) is 1.71. The van der Waals surface area contributed by atoms with Gasteiger partial charge >= 0.3 is 6.08 Å². The van der Waals surface area contributed by atoms with Crippen LogP contribution in [0.2, 0.25) is 0 Å². The summed E-state index contributed by atoms with van der Waals surface area (Å²) >= 11 is 0. The molecule has 0 saturated heterocycles. The Labute approximate surface area is 54.7 Å². The highest BCUT2D eigenvalue weighted by Crippen LogP contribution is 2.00. The van der Waals surface area contributed by atoms with Gasteiger partial charge in [-0.25, -0.2) is 0 Å². The van der Waals surface area contributed by atoms with Crippen LogP contribution in [0.3, 0.4) is 0 Å². The first-order chi connectivity index (χ1) is 4.43. The third kappa shape index (κ3) is 2.74. The molecular formula is C6H11NO2. The number of ether oxygens (including phenoxy) is 1. The van der Waals surface area contributed by atoms with Gasteiger partial charge in [-0.1, -0.05) is 13.8 Å². The van der Waals surface area contributed by atoms with Crippen molar-refractivity contribution in [3.63, 3.8) is 0 Å². The predicted molar refractivity (Wildman–Crippen MR) is 34.4 cm³/mol. The van der Waals surface area contributed by atoms with E-state index in [0.29, 0.717) is 6.08 Å². The molecule has 3 nitrogen and oxygen atoms in total. The fraction of sp³-hybridized carbons (Fsp3) is 0.500. The van der Waals surface area contributed by atoms with E-state index in [-0.39, 0.29) is 0 Å². The van der Waals surface area contributed by atoms with Crippen molar-refractivity contribution >= 4 is 0 Å². The molecule has 0 fully saturated rings. The van der Waals surface area contributed by atoms with Crippen molar-refractivity contribution < 1.29 is 9.15 Å². The summed E-state index contributed by atoms with van der Waals surface area (Å²) < 4.78 is 9.23. The van der Waals surface area contributed by atoms with Crippen LogP contribution in [-0.4, -0.2) is 12.1 Å². The third-order valence-corrected chi connectivity index (χ3v) is 0.584. The van der Waals surface area contributed by atoms with E-state index >= 15 is 0 Å². The fourth-order valence-corrected chi connectivity index (χ4v) is 0.311. The molecule has 3 heteroatoms. The standard InChI is InChI=1S/C4H5NO2.C2H6/c1-6-4-5-2-3-7-4;1-2/h2-3H,1H3;1-2H3. The van der Waals surface area contributed by atoms with Crippen molar-refractivity contribution in [1.82, 2.24) is 4.98 Å². The van der Waals surface area contributed by atoms with Gasteiger partial charge in [0, 0.05) is 0 Å². The number of oxazole rings is 1. The van der Waals surface area contributed by atoms with Gasteiger partial charge in [0.05, 0.1) is 13.3 Å². The summed E-state index contributed by atoms with van der Waals surface area (Å²) in [7, 11) is 1.51. The molecule has 0 spiro atoms. The summed E-state index contributed by atoms with van der Waals surface area (Å²) in [6, 6.07) is 0. The second kappa shape index (κ2) is 5.15. The number of methoxy groups -OCH3 is 1. The molecule has 0 aliphatic heterocycles. The molecule has 0 amide bonds. The lowest BCUT2D eigenvalue weighted by Crippen LogP contribution is -1.78. The van der Waals surface area contributed by atoms with Crippen LogP contribution in [-0.2, 0) is 0 Å². The summed E-state index contributed by atoms with van der Waals surface area (Å²) in [5, 5.41) is 0. The van der Waals surface area contributed by atoms with Crippen LogP contribution in [0.25, 0.3) is 0 Å². The van der Waals surface area contributed by atoms with E-state index in [1.165, 1.54) is 19.6 Å². The Morgan fingerprint density at radius 1 is 1.56 bits per heavy atom. The summed E-state index contributed by atoms with van der Waals surface area (Å²) in [6.45, 7) is 4.00. The molecule has 52 valence electrons. The minimum Gasteiger partial charge on any atom is -0.454 e. The fourth-order valence-electron chi connectivity index (χ4n) is 0.311. The molecule has 0 bridgehead atoms. The Morgan fingerprint density at radius 3 is 2.44 bits per heavy atom. The lowest BCUT2D eigenvalue weighted by Gasteiger charge is -1.83. The molecule has 0 aliphatic rings. The number of aromatic nitrogens is 1. The highest BCUT2D eigenvalue weighted by Gasteiger charge is 1.87. The molecule has 0 saturated carbocycles. The van der Waals surface area contributed by atoms with E-state index in [9.17, 15) is 0 Å². The molecule has 0 atom stereocenters. The number of rotatable bonds is 1. The Kier molecular flexibility index (Phi) is 4.59. The molecule has 1 aromatic rings. The molecule has 1 heterocycles. The van der Waals surface area contributed by atoms with Gasteiger partial charge in [0.15, 0.2) is 0 Å². The van der Waals surface area contributed by atoms with Crippen LogP contribution in [0.15, 0.2) is 16.9 Å². The van der Waals surface area contributed by atoms with Gasteiger partial charge in [-0.05, 0) is 0 Å². The van der Waals surface area contributed by atoms with Crippen molar-refractivity contribution in [2.45, 2.75) is 13.8 Å². The quantitative estimate of drug-likeness (QED) is 0.579. The topological polar surface area (TPSA) is 35.3 Å². The van der Waals surface area contributed by atoms with E-state index in [4.69, 9.17) is 0 Å². The number of hydrogen-bond donors (Lipinski definition) is 0. The van der Waals surface area contributed by atoms with Crippen LogP contribution in [0.5, 0.6) is 6.08 Å². The van der Waals surface area contributed by atoms with Crippen LogP contribution in [0, 0.1) is 0 Å². The molecule has 0 unspecified atom stereocenters. The summed E-state index contributed by atoms with van der Waals surface area (Å²) in [5.74, 6) is 0. The van der Waals surface area contributed by atoms with Gasteiger partial charge in [-0.3, -0.25) is 0 Å². The molecule has 0 aromatic carbocycles. The minimum atomic E-state index is 0.306. The maximum Gasteiger partial charge on any atom is 0.393 e. The number of nitrogens with zero attached hydrogens (tertiary/aromatic N) is 1. The molecule has 1 rings (SSSR count). The first kappa shape index (κ1) is 8.01. The normalized spacial score (nSPS) is 7.44. The van der Waals surface area contributed by atoms with Gasteiger partial charge in [0.2, 0.25) is 0 Å². The Hall–Kier alpha value is -0.990. The lowest BCUT2D eigenvalue weighted by atomic mass is 11.0. The zero-order chi connectivity index (χ0) is 7.11. The van der Waals surface area contributed by atoms with Crippen molar-refractivity contribution in [2.24, 2.45) is 0 Å². The molecular weight excluding hydrogens is 118 g/mol. The maximum atomic E-state index is 4.65. The SMILES string of the molecule is CC.COc1ncco1. The van der Waals surface area contributed by atoms with Gasteiger partial charge in [-0.15, -0.1) is 0 Å². The average Bonchev–Trinajstić information content (AvgIpc) is 2.43. The van der Waals surface area contributed by atoms with Crippen molar-refractivity contribution in [1.29, 1.82) is 0 Å². The monoisotopic (exact) mass is 129 g/mol. The van der Waals surface area contributed by atoms with E-state index in [1.807, 2.05) is 13.8 Å². The molecule has 0 radical (unpaired) electrons. The van der Waals surface area contributed by atoms with E-state index in [1.54, 1.807) is 0 Å². The smallest absolute Gasteiger partial charge is 0.393 e. The van der Waals surface area contributed by atoms with Crippen LogP contribution >= 0.6 is 0 Å². The molecule has 0 N–H and O–H groups in total. The van der Waals surface area contributed by atoms with Gasteiger partial charge < -0.3 is 9.15 Å². The van der Waals surface area contributed by atoms with Crippen molar-refractivity contribution in [3.05, 3.63) is 12.5 Å². The summed E-state index contributed by atoms with van der Waals surface area (Å²) in [6.07, 6.45) is 3.29. The summed E-state index contributed by atoms with van der Waals surface area (Å²) in [5.41, 5.74) is 0. The van der Waals surface area contributed by atoms with E-state index in [0.717, 1.165) is 0 Å². The first-order valence-electron chi connectivity index (χ1n) is 2.87. The molecule has 0 aliphatic carbocycles. The maximum absolute atomic E-state index is 4.65. The highest BCUT2D eigenvalue weighted by atomic mass is 16.6. The second-order valence-corrected chi connectivity index (χ2v) is 1.00. The first-order valence-corrected chi connectivity index (χ1v) is 2.87. The van der Waals surface area contributed by atoms with Crippen molar-refractivity contribution in [3.8, 4) is 6.08 Å². The van der Waals surface area contributed by atoms with E-state index in [2.05, 4.69) is 14.1 Å². The van der Waals surface area contributed by atoms with Gasteiger partial charge in [-0.2, -0.15) is 4.98 Å². The lowest BCUT2D eigenvalue weighted by molar-refractivity contribution is 0.290. The summed E-state index contributed by atoms with van der Waals surface area (Å²) in [4.78, 5) is 3.65. The Balaban J connectivity index is 0.000000291. The Bertz CT molecular complexity index is 126. The largest absolute Gasteiger partial charge is 0.454 e. The highest BCUT2D eigenvalue weighted by molar-refractivity contribution is 4.82. The van der Waals surface area contributed by atoms with Crippen LogP contribution < -0.4 is 4.74 Å². The van der Waals surface area contributed by atoms with Crippen LogP contribution in [0.1, 0.15) is 13.8 Å². The average molecular weight is 129 g/mol. The van der Waals surface area contributed by atoms with Gasteiger partial charge in [0.1, 0.15) is 6.26 Å².